The molecular formula is C21H24ClFN2O4S. The smallest absolute Gasteiger partial charge is 0.255 e. The Kier molecular flexibility index (Phi) is 6.57. The first-order valence-electron chi connectivity index (χ1n) is 9.56. The Morgan fingerprint density at radius 3 is 2.33 bits per heavy atom. The Balaban J connectivity index is 1.79. The molecule has 2 aromatic carbocycles. The van der Waals surface area contributed by atoms with E-state index < -0.39 is 20.9 Å². The zero-order valence-electron chi connectivity index (χ0n) is 17.1. The summed E-state index contributed by atoms with van der Waals surface area (Å²) in [7, 11) is -1.89. The lowest BCUT2D eigenvalue weighted by Gasteiger charge is -2.37. The molecule has 6 nitrogen and oxygen atoms in total. The van der Waals surface area contributed by atoms with Crippen LogP contribution in [0.4, 0.5) is 10.1 Å². The van der Waals surface area contributed by atoms with Gasteiger partial charge >= 0.3 is 0 Å². The van der Waals surface area contributed by atoms with Crippen LogP contribution in [0.2, 0.25) is 5.02 Å². The van der Waals surface area contributed by atoms with Crippen molar-refractivity contribution in [2.45, 2.75) is 24.0 Å². The van der Waals surface area contributed by atoms with Crippen LogP contribution in [0.25, 0.3) is 0 Å². The second-order valence-electron chi connectivity index (χ2n) is 7.33. The summed E-state index contributed by atoms with van der Waals surface area (Å²) in [5, 5.41) is -0.454. The third kappa shape index (κ3) is 4.39. The molecular weight excluding hydrogens is 431 g/mol. The number of piperazine rings is 1. The quantitative estimate of drug-likeness (QED) is 0.690. The van der Waals surface area contributed by atoms with E-state index in [0.717, 1.165) is 6.07 Å². The van der Waals surface area contributed by atoms with E-state index in [2.05, 4.69) is 0 Å². The summed E-state index contributed by atoms with van der Waals surface area (Å²) in [6, 6.07) is 8.55. The van der Waals surface area contributed by atoms with Crippen molar-refractivity contribution in [1.82, 2.24) is 4.90 Å². The molecule has 0 spiro atoms. The van der Waals surface area contributed by atoms with E-state index in [1.54, 1.807) is 36.9 Å². The van der Waals surface area contributed by atoms with Crippen molar-refractivity contribution in [3.05, 3.63) is 52.8 Å². The molecule has 9 heteroatoms. The van der Waals surface area contributed by atoms with E-state index >= 15 is 0 Å². The summed E-state index contributed by atoms with van der Waals surface area (Å²) in [6.07, 6.45) is 0. The maximum atomic E-state index is 13.3. The van der Waals surface area contributed by atoms with E-state index in [-0.39, 0.29) is 21.4 Å². The second-order valence-corrected chi connectivity index (χ2v) is 10.2. The van der Waals surface area contributed by atoms with Gasteiger partial charge in [0, 0.05) is 26.2 Å². The minimum atomic E-state index is -3.42. The fourth-order valence-corrected chi connectivity index (χ4v) is 4.68. The molecule has 1 aliphatic heterocycles. The fourth-order valence-electron chi connectivity index (χ4n) is 3.35. The lowest BCUT2D eigenvalue weighted by atomic mass is 10.1. The van der Waals surface area contributed by atoms with Gasteiger partial charge in [-0.05, 0) is 50.2 Å². The summed E-state index contributed by atoms with van der Waals surface area (Å²) in [5.41, 5.74) is 0.931. The molecule has 1 saturated heterocycles. The van der Waals surface area contributed by atoms with Crippen molar-refractivity contribution in [3.8, 4) is 5.75 Å². The number of anilines is 1. The lowest BCUT2D eigenvalue weighted by molar-refractivity contribution is 0.0747. The molecule has 1 aliphatic rings. The first-order valence-corrected chi connectivity index (χ1v) is 11.5. The minimum Gasteiger partial charge on any atom is -0.495 e. The monoisotopic (exact) mass is 454 g/mol. The van der Waals surface area contributed by atoms with Crippen LogP contribution < -0.4 is 9.64 Å². The second kappa shape index (κ2) is 8.81. The van der Waals surface area contributed by atoms with Crippen molar-refractivity contribution in [2.24, 2.45) is 0 Å². The van der Waals surface area contributed by atoms with E-state index in [1.165, 1.54) is 19.2 Å². The molecule has 0 aromatic heterocycles. The van der Waals surface area contributed by atoms with Gasteiger partial charge < -0.3 is 14.5 Å². The number of amides is 1. The van der Waals surface area contributed by atoms with Gasteiger partial charge in [0.15, 0.2) is 9.84 Å². The van der Waals surface area contributed by atoms with Crippen molar-refractivity contribution >= 4 is 33.0 Å². The van der Waals surface area contributed by atoms with Crippen molar-refractivity contribution < 1.29 is 22.3 Å². The van der Waals surface area contributed by atoms with Crippen LogP contribution in [0, 0.1) is 5.82 Å². The van der Waals surface area contributed by atoms with Crippen molar-refractivity contribution in [1.29, 1.82) is 0 Å². The summed E-state index contributed by atoms with van der Waals surface area (Å²) < 4.78 is 43.8. The van der Waals surface area contributed by atoms with Crippen molar-refractivity contribution in [2.75, 3.05) is 38.2 Å². The fraction of sp³-hybridized carbons (Fsp3) is 0.381. The van der Waals surface area contributed by atoms with Gasteiger partial charge in [-0.2, -0.15) is 0 Å². The van der Waals surface area contributed by atoms with Gasteiger partial charge in [0.25, 0.3) is 5.91 Å². The highest BCUT2D eigenvalue weighted by molar-refractivity contribution is 7.92. The summed E-state index contributed by atoms with van der Waals surface area (Å²) in [6.45, 7) is 5.10. The topological polar surface area (TPSA) is 66.9 Å². The summed E-state index contributed by atoms with van der Waals surface area (Å²) in [4.78, 5) is 16.6. The molecule has 0 atom stereocenters. The summed E-state index contributed by atoms with van der Waals surface area (Å²) in [5.74, 6) is -0.188. The van der Waals surface area contributed by atoms with Gasteiger partial charge in [-0.15, -0.1) is 0 Å². The summed E-state index contributed by atoms with van der Waals surface area (Å²) >= 11 is 6.02. The number of carbonyl (C=O) groups excluding carboxylic acids is 1. The average Bonchev–Trinajstić information content (AvgIpc) is 2.72. The average molecular weight is 455 g/mol. The van der Waals surface area contributed by atoms with Crippen molar-refractivity contribution in [3.63, 3.8) is 0 Å². The number of methoxy groups -OCH3 is 1. The van der Waals surface area contributed by atoms with Crippen LogP contribution in [0.5, 0.6) is 5.75 Å². The molecule has 3 rings (SSSR count). The first kappa shape index (κ1) is 22.4. The molecule has 30 heavy (non-hydrogen) atoms. The number of hydrogen-bond acceptors (Lipinski definition) is 5. The third-order valence-electron chi connectivity index (χ3n) is 5.17. The molecule has 1 fully saturated rings. The first-order chi connectivity index (χ1) is 14.1. The van der Waals surface area contributed by atoms with E-state index in [1.807, 2.05) is 4.90 Å². The van der Waals surface area contributed by atoms with Crippen LogP contribution in [0.3, 0.4) is 0 Å². The lowest BCUT2D eigenvalue weighted by Crippen LogP contribution is -2.49. The Labute approximate surface area is 181 Å². The maximum Gasteiger partial charge on any atom is 0.255 e. The van der Waals surface area contributed by atoms with Crippen LogP contribution in [0.1, 0.15) is 24.2 Å². The zero-order chi connectivity index (χ0) is 22.1. The Bertz CT molecular complexity index is 1050. The van der Waals surface area contributed by atoms with E-state index in [9.17, 15) is 17.6 Å². The van der Waals surface area contributed by atoms with Crippen LogP contribution in [-0.2, 0) is 9.84 Å². The number of nitrogens with zero attached hydrogens (tertiary/aromatic N) is 2. The Hall–Kier alpha value is -2.32. The normalized spacial score (nSPS) is 14.9. The molecule has 0 saturated carbocycles. The SMILES string of the molecule is COc1ccc(S(=O)(=O)C(C)C)cc1N1CCN(C(=O)c2ccc(F)cc2Cl)CC1. The van der Waals surface area contributed by atoms with Crippen LogP contribution in [-0.4, -0.2) is 57.8 Å². The molecule has 1 amide bonds. The van der Waals surface area contributed by atoms with Gasteiger partial charge in [0.1, 0.15) is 11.6 Å². The van der Waals surface area contributed by atoms with Gasteiger partial charge in [-0.25, -0.2) is 12.8 Å². The number of ether oxygens (including phenoxy) is 1. The third-order valence-corrected chi connectivity index (χ3v) is 7.63. The highest BCUT2D eigenvalue weighted by Gasteiger charge is 2.27. The predicted octanol–water partition coefficient (Wildman–Crippen LogP) is 3.63. The van der Waals surface area contributed by atoms with Gasteiger partial charge in [0.2, 0.25) is 0 Å². The number of carbonyl (C=O) groups is 1. The van der Waals surface area contributed by atoms with Crippen LogP contribution >= 0.6 is 11.6 Å². The number of halogens is 2. The number of benzene rings is 2. The standard InChI is InChI=1S/C21H24ClFN2O4S/c1-14(2)30(27,28)16-5-7-20(29-3)19(13-16)24-8-10-25(11-9-24)21(26)17-6-4-15(23)12-18(17)22/h4-7,12-14H,8-11H2,1-3H3. The molecule has 2 aromatic rings. The molecule has 1 heterocycles. The highest BCUT2D eigenvalue weighted by Crippen LogP contribution is 2.33. The molecule has 0 aliphatic carbocycles. The Morgan fingerprint density at radius 1 is 1.10 bits per heavy atom. The molecule has 0 unspecified atom stereocenters. The maximum absolute atomic E-state index is 13.3. The largest absolute Gasteiger partial charge is 0.495 e. The molecule has 0 radical (unpaired) electrons. The highest BCUT2D eigenvalue weighted by atomic mass is 35.5. The molecule has 0 N–H and O–H groups in total. The number of rotatable bonds is 5. The number of hydrogen-bond donors (Lipinski definition) is 0. The predicted molar refractivity (Wildman–Crippen MR) is 115 cm³/mol. The molecule has 0 bridgehead atoms. The van der Waals surface area contributed by atoms with E-state index in [4.69, 9.17) is 16.3 Å². The Morgan fingerprint density at radius 2 is 1.77 bits per heavy atom. The van der Waals surface area contributed by atoms with Gasteiger partial charge in [0.05, 0.1) is 33.5 Å². The van der Waals surface area contributed by atoms with E-state index in [0.29, 0.717) is 37.6 Å². The van der Waals surface area contributed by atoms with Gasteiger partial charge in [-0.3, -0.25) is 4.79 Å². The van der Waals surface area contributed by atoms with Gasteiger partial charge in [-0.1, -0.05) is 11.6 Å². The minimum absolute atomic E-state index is 0.0793. The number of sulfone groups is 1. The van der Waals surface area contributed by atoms with Crippen LogP contribution in [0.15, 0.2) is 41.3 Å². The zero-order valence-corrected chi connectivity index (χ0v) is 18.6. The molecule has 162 valence electrons.